The molecule has 2 unspecified atom stereocenters. The minimum Gasteiger partial charge on any atom is -0.496 e. The third kappa shape index (κ3) is 3.08. The number of thioether (sulfide) groups is 1. The number of carbonyl (C=O) groups is 1. The zero-order valence-corrected chi connectivity index (χ0v) is 13.8. The van der Waals surface area contributed by atoms with Gasteiger partial charge in [-0.25, -0.2) is 0 Å². The molecular formula is C14H18BrNO2S. The molecule has 0 aliphatic carbocycles. The van der Waals surface area contributed by atoms with Crippen molar-refractivity contribution in [3.05, 3.63) is 28.2 Å². The Bertz CT molecular complexity index is 481. The fourth-order valence-electron chi connectivity index (χ4n) is 2.18. The van der Waals surface area contributed by atoms with Crippen molar-refractivity contribution in [3.8, 4) is 5.75 Å². The summed E-state index contributed by atoms with van der Waals surface area (Å²) in [5.74, 6) is 1.85. The van der Waals surface area contributed by atoms with E-state index in [4.69, 9.17) is 4.74 Å². The fourth-order valence-corrected chi connectivity index (χ4v) is 3.82. The van der Waals surface area contributed by atoms with Gasteiger partial charge in [0.1, 0.15) is 5.75 Å². The maximum Gasteiger partial charge on any atom is 0.254 e. The number of nitrogens with zero attached hydrogens (tertiary/aromatic N) is 1. The molecule has 3 nitrogen and oxygen atoms in total. The average molecular weight is 344 g/mol. The van der Waals surface area contributed by atoms with Gasteiger partial charge in [-0.05, 0) is 41.1 Å². The summed E-state index contributed by atoms with van der Waals surface area (Å²) in [6, 6.07) is 5.75. The monoisotopic (exact) mass is 343 g/mol. The maximum atomic E-state index is 12.6. The third-order valence-corrected chi connectivity index (χ3v) is 5.50. The molecule has 2 atom stereocenters. The predicted molar refractivity (Wildman–Crippen MR) is 83.1 cm³/mol. The molecule has 104 valence electrons. The van der Waals surface area contributed by atoms with Gasteiger partial charge in [-0.15, -0.1) is 0 Å². The Morgan fingerprint density at radius 1 is 1.47 bits per heavy atom. The molecule has 0 N–H and O–H groups in total. The Morgan fingerprint density at radius 2 is 2.21 bits per heavy atom. The number of halogens is 1. The standard InChI is InChI=1S/C14H18BrNO2S/c1-9-10(2)19-7-6-16(9)14(17)11-4-5-13(18-3)12(15)8-11/h4-5,8-10H,6-7H2,1-3H3. The number of hydrogen-bond donors (Lipinski definition) is 0. The lowest BCUT2D eigenvalue weighted by atomic mass is 10.1. The molecule has 2 rings (SSSR count). The first kappa shape index (κ1) is 14.7. The van der Waals surface area contributed by atoms with Crippen LogP contribution in [0.1, 0.15) is 24.2 Å². The first-order chi connectivity index (χ1) is 9.04. The molecule has 1 amide bonds. The van der Waals surface area contributed by atoms with Gasteiger partial charge in [0.15, 0.2) is 0 Å². The van der Waals surface area contributed by atoms with Crippen molar-refractivity contribution < 1.29 is 9.53 Å². The Morgan fingerprint density at radius 3 is 2.84 bits per heavy atom. The number of benzene rings is 1. The van der Waals surface area contributed by atoms with Crippen molar-refractivity contribution in [3.63, 3.8) is 0 Å². The van der Waals surface area contributed by atoms with Crippen LogP contribution in [0.15, 0.2) is 22.7 Å². The van der Waals surface area contributed by atoms with Crippen LogP contribution in [0.4, 0.5) is 0 Å². The lowest BCUT2D eigenvalue weighted by Gasteiger charge is -2.37. The highest BCUT2D eigenvalue weighted by Crippen LogP contribution is 2.29. The predicted octanol–water partition coefficient (Wildman–Crippen LogP) is 3.42. The lowest BCUT2D eigenvalue weighted by molar-refractivity contribution is 0.0698. The van der Waals surface area contributed by atoms with Crippen LogP contribution in [-0.4, -0.2) is 41.5 Å². The third-order valence-electron chi connectivity index (χ3n) is 3.54. The minimum absolute atomic E-state index is 0.100. The molecule has 1 fully saturated rings. The van der Waals surface area contributed by atoms with Gasteiger partial charge < -0.3 is 9.64 Å². The van der Waals surface area contributed by atoms with Gasteiger partial charge in [0.25, 0.3) is 5.91 Å². The van der Waals surface area contributed by atoms with Gasteiger partial charge in [0.2, 0.25) is 0 Å². The van der Waals surface area contributed by atoms with E-state index in [1.165, 1.54) is 0 Å². The van der Waals surface area contributed by atoms with E-state index in [1.54, 1.807) is 7.11 Å². The van der Waals surface area contributed by atoms with Crippen LogP contribution < -0.4 is 4.74 Å². The highest BCUT2D eigenvalue weighted by Gasteiger charge is 2.29. The van der Waals surface area contributed by atoms with Crippen molar-refractivity contribution in [2.45, 2.75) is 25.1 Å². The molecule has 0 radical (unpaired) electrons. The average Bonchev–Trinajstić information content (AvgIpc) is 2.41. The van der Waals surface area contributed by atoms with Gasteiger partial charge in [-0.2, -0.15) is 11.8 Å². The minimum atomic E-state index is 0.100. The summed E-state index contributed by atoms with van der Waals surface area (Å²) in [5, 5.41) is 0.486. The molecule has 1 heterocycles. The van der Waals surface area contributed by atoms with Crippen LogP contribution in [-0.2, 0) is 0 Å². The van der Waals surface area contributed by atoms with Crippen molar-refractivity contribution in [2.24, 2.45) is 0 Å². The van der Waals surface area contributed by atoms with Gasteiger partial charge in [-0.1, -0.05) is 6.92 Å². The maximum absolute atomic E-state index is 12.6. The zero-order valence-electron chi connectivity index (χ0n) is 11.4. The smallest absolute Gasteiger partial charge is 0.254 e. The summed E-state index contributed by atoms with van der Waals surface area (Å²) in [6.45, 7) is 5.12. The van der Waals surface area contributed by atoms with E-state index >= 15 is 0 Å². The second kappa shape index (κ2) is 6.18. The first-order valence-corrected chi connectivity index (χ1v) is 8.15. The summed E-state index contributed by atoms with van der Waals surface area (Å²) in [7, 11) is 1.62. The molecule has 0 aromatic heterocycles. The quantitative estimate of drug-likeness (QED) is 0.823. The van der Waals surface area contributed by atoms with Gasteiger partial charge >= 0.3 is 0 Å². The Hall–Kier alpha value is -0.680. The van der Waals surface area contributed by atoms with Crippen LogP contribution in [0.5, 0.6) is 5.75 Å². The summed E-state index contributed by atoms with van der Waals surface area (Å²) in [5.41, 5.74) is 0.707. The Labute approximate surface area is 126 Å². The molecular weight excluding hydrogens is 326 g/mol. The molecule has 0 spiro atoms. The molecule has 19 heavy (non-hydrogen) atoms. The molecule has 0 bridgehead atoms. The second-order valence-electron chi connectivity index (χ2n) is 4.66. The first-order valence-electron chi connectivity index (χ1n) is 6.30. The van der Waals surface area contributed by atoms with Crippen molar-refractivity contribution in [1.29, 1.82) is 0 Å². The van der Waals surface area contributed by atoms with E-state index in [0.717, 1.165) is 22.5 Å². The van der Waals surface area contributed by atoms with E-state index in [2.05, 4.69) is 29.8 Å². The molecule has 1 aromatic rings. The molecule has 5 heteroatoms. The van der Waals surface area contributed by atoms with Crippen LogP contribution in [0, 0.1) is 0 Å². The number of methoxy groups -OCH3 is 1. The molecule has 0 saturated carbocycles. The molecule has 1 aromatic carbocycles. The van der Waals surface area contributed by atoms with Crippen LogP contribution in [0.25, 0.3) is 0 Å². The summed E-state index contributed by atoms with van der Waals surface area (Å²) >= 11 is 5.36. The van der Waals surface area contributed by atoms with Crippen LogP contribution in [0.3, 0.4) is 0 Å². The lowest BCUT2D eigenvalue weighted by Crippen LogP contribution is -2.47. The summed E-state index contributed by atoms with van der Waals surface area (Å²) in [6.07, 6.45) is 0. The van der Waals surface area contributed by atoms with Gasteiger partial charge in [-0.3, -0.25) is 4.79 Å². The Balaban J connectivity index is 2.21. The van der Waals surface area contributed by atoms with Crippen LogP contribution >= 0.6 is 27.7 Å². The SMILES string of the molecule is COc1ccc(C(=O)N2CCSC(C)C2C)cc1Br. The summed E-state index contributed by atoms with van der Waals surface area (Å²) < 4.78 is 6.00. The van der Waals surface area contributed by atoms with Crippen LogP contribution in [0.2, 0.25) is 0 Å². The zero-order chi connectivity index (χ0) is 14.0. The summed E-state index contributed by atoms with van der Waals surface area (Å²) in [4.78, 5) is 14.5. The van der Waals surface area contributed by atoms with E-state index in [-0.39, 0.29) is 11.9 Å². The van der Waals surface area contributed by atoms with E-state index in [1.807, 2.05) is 34.9 Å². The van der Waals surface area contributed by atoms with Crippen molar-refractivity contribution >= 4 is 33.6 Å². The topological polar surface area (TPSA) is 29.5 Å². The number of rotatable bonds is 2. The molecule has 1 saturated heterocycles. The molecule has 1 aliphatic rings. The number of carbonyl (C=O) groups excluding carboxylic acids is 1. The van der Waals surface area contributed by atoms with E-state index < -0.39 is 0 Å². The molecule has 1 aliphatic heterocycles. The fraction of sp³-hybridized carbons (Fsp3) is 0.500. The normalized spacial score (nSPS) is 23.3. The number of amides is 1. The highest BCUT2D eigenvalue weighted by molar-refractivity contribution is 9.10. The highest BCUT2D eigenvalue weighted by atomic mass is 79.9. The van der Waals surface area contributed by atoms with Gasteiger partial charge in [0.05, 0.1) is 11.6 Å². The van der Waals surface area contributed by atoms with Crippen molar-refractivity contribution in [2.75, 3.05) is 19.4 Å². The largest absolute Gasteiger partial charge is 0.496 e. The second-order valence-corrected chi connectivity index (χ2v) is 7.00. The number of ether oxygens (including phenoxy) is 1. The van der Waals surface area contributed by atoms with Gasteiger partial charge in [0, 0.05) is 29.2 Å². The van der Waals surface area contributed by atoms with E-state index in [9.17, 15) is 4.79 Å². The van der Waals surface area contributed by atoms with E-state index in [0.29, 0.717) is 10.8 Å². The number of hydrogen-bond acceptors (Lipinski definition) is 3. The van der Waals surface area contributed by atoms with Crippen molar-refractivity contribution in [1.82, 2.24) is 4.90 Å². The Kier molecular flexibility index (Phi) is 4.79.